The minimum absolute atomic E-state index is 0.0116. The highest BCUT2D eigenvalue weighted by atomic mass is 16.4. The number of hydrogen-bond acceptors (Lipinski definition) is 4. The molecule has 28 heavy (non-hydrogen) atoms. The van der Waals surface area contributed by atoms with Gasteiger partial charge in [-0.3, -0.25) is 14.3 Å². The lowest BCUT2D eigenvalue weighted by atomic mass is 9.97. The molecule has 148 valence electrons. The van der Waals surface area contributed by atoms with Crippen LogP contribution in [0.25, 0.3) is 0 Å². The maximum atomic E-state index is 12.7. The van der Waals surface area contributed by atoms with Crippen LogP contribution in [0, 0.1) is 19.8 Å². The summed E-state index contributed by atoms with van der Waals surface area (Å²) in [6.07, 6.45) is 1.64. The van der Waals surface area contributed by atoms with Crippen molar-refractivity contribution in [3.63, 3.8) is 0 Å². The summed E-state index contributed by atoms with van der Waals surface area (Å²) in [5.41, 5.74) is 3.22. The number of carbonyl (C=O) groups is 3. The third-order valence-corrected chi connectivity index (χ3v) is 5.36. The van der Waals surface area contributed by atoms with Gasteiger partial charge < -0.3 is 10.0 Å². The molecule has 0 aliphatic carbocycles. The molecule has 1 atom stereocenters. The second-order valence-corrected chi connectivity index (χ2v) is 7.46. The Balaban J connectivity index is 1.62. The zero-order valence-corrected chi connectivity index (χ0v) is 16.4. The van der Waals surface area contributed by atoms with Crippen LogP contribution >= 0.6 is 0 Å². The number of amides is 1. The molecule has 1 aromatic carbocycles. The second kappa shape index (κ2) is 7.96. The van der Waals surface area contributed by atoms with E-state index in [-0.39, 0.29) is 23.8 Å². The van der Waals surface area contributed by atoms with E-state index in [2.05, 4.69) is 5.10 Å². The van der Waals surface area contributed by atoms with Crippen LogP contribution in [0.3, 0.4) is 0 Å². The monoisotopic (exact) mass is 383 g/mol. The van der Waals surface area contributed by atoms with E-state index in [9.17, 15) is 14.4 Å². The van der Waals surface area contributed by atoms with E-state index in [1.54, 1.807) is 29.8 Å². The highest BCUT2D eigenvalue weighted by Crippen LogP contribution is 2.22. The molecule has 0 unspecified atom stereocenters. The van der Waals surface area contributed by atoms with Crippen molar-refractivity contribution in [1.29, 1.82) is 0 Å². The summed E-state index contributed by atoms with van der Waals surface area (Å²) in [6, 6.07) is 6.97. The molecule has 1 aliphatic rings. The van der Waals surface area contributed by atoms with Crippen LogP contribution in [0.4, 0.5) is 0 Å². The first-order chi connectivity index (χ1) is 13.3. The number of carboxylic acids is 1. The topological polar surface area (TPSA) is 92.5 Å². The zero-order valence-electron chi connectivity index (χ0n) is 16.4. The number of rotatable bonds is 6. The maximum Gasteiger partial charge on any atom is 0.335 e. The van der Waals surface area contributed by atoms with Gasteiger partial charge in [0.1, 0.15) is 6.54 Å². The molecule has 7 heteroatoms. The molecule has 3 rings (SSSR count). The highest BCUT2D eigenvalue weighted by molar-refractivity contribution is 5.96. The number of aromatic carboxylic acids is 1. The number of benzene rings is 1. The lowest BCUT2D eigenvalue weighted by Gasteiger charge is -2.17. The Hall–Kier alpha value is -2.96. The van der Waals surface area contributed by atoms with Crippen molar-refractivity contribution in [3.8, 4) is 0 Å². The van der Waals surface area contributed by atoms with Crippen LogP contribution in [-0.4, -0.2) is 50.5 Å². The molecule has 1 fully saturated rings. The van der Waals surface area contributed by atoms with Crippen LogP contribution in [0.15, 0.2) is 24.3 Å². The summed E-state index contributed by atoms with van der Waals surface area (Å²) >= 11 is 0. The predicted octanol–water partition coefficient (Wildman–Crippen LogP) is 2.49. The van der Waals surface area contributed by atoms with Gasteiger partial charge in [-0.25, -0.2) is 4.79 Å². The molecule has 1 amide bonds. The fourth-order valence-electron chi connectivity index (χ4n) is 3.98. The number of likely N-dealkylation sites (tertiary alicyclic amines) is 1. The van der Waals surface area contributed by atoms with E-state index in [4.69, 9.17) is 5.11 Å². The van der Waals surface area contributed by atoms with Crippen LogP contribution in [0.1, 0.15) is 51.0 Å². The smallest absolute Gasteiger partial charge is 0.335 e. The Kier molecular flexibility index (Phi) is 5.63. The third kappa shape index (κ3) is 4.13. The Morgan fingerprint density at radius 1 is 1.25 bits per heavy atom. The minimum Gasteiger partial charge on any atom is -0.478 e. The van der Waals surface area contributed by atoms with Crippen molar-refractivity contribution in [2.24, 2.45) is 5.92 Å². The van der Waals surface area contributed by atoms with Crippen molar-refractivity contribution in [2.45, 2.75) is 40.2 Å². The van der Waals surface area contributed by atoms with Crippen LogP contribution in [0.5, 0.6) is 0 Å². The van der Waals surface area contributed by atoms with E-state index >= 15 is 0 Å². The highest BCUT2D eigenvalue weighted by Gasteiger charge is 2.27. The summed E-state index contributed by atoms with van der Waals surface area (Å²) in [6.45, 7) is 6.55. The molecule has 1 aromatic heterocycles. The Morgan fingerprint density at radius 3 is 2.64 bits per heavy atom. The van der Waals surface area contributed by atoms with Crippen LogP contribution < -0.4 is 0 Å². The molecule has 0 radical (unpaired) electrons. The fourth-order valence-corrected chi connectivity index (χ4v) is 3.98. The van der Waals surface area contributed by atoms with E-state index in [1.807, 2.05) is 17.9 Å². The Labute approximate surface area is 164 Å². The van der Waals surface area contributed by atoms with Gasteiger partial charge in [0, 0.05) is 18.8 Å². The van der Waals surface area contributed by atoms with Gasteiger partial charge in [-0.2, -0.15) is 5.10 Å². The van der Waals surface area contributed by atoms with E-state index in [0.717, 1.165) is 24.1 Å². The van der Waals surface area contributed by atoms with Crippen molar-refractivity contribution in [2.75, 3.05) is 13.1 Å². The fraction of sp³-hybridized carbons (Fsp3) is 0.429. The van der Waals surface area contributed by atoms with Gasteiger partial charge in [-0.15, -0.1) is 0 Å². The van der Waals surface area contributed by atoms with Gasteiger partial charge >= 0.3 is 5.97 Å². The number of hydrogen-bond donors (Lipinski definition) is 1. The number of carboxylic acid groups (broad SMARTS) is 1. The van der Waals surface area contributed by atoms with Crippen molar-refractivity contribution < 1.29 is 19.5 Å². The molecule has 0 bridgehead atoms. The number of nitrogens with zero attached hydrogens (tertiary/aromatic N) is 3. The minimum atomic E-state index is -0.931. The first-order valence-electron chi connectivity index (χ1n) is 9.41. The first-order valence-corrected chi connectivity index (χ1v) is 9.41. The third-order valence-electron chi connectivity index (χ3n) is 5.36. The van der Waals surface area contributed by atoms with Crippen molar-refractivity contribution in [3.05, 3.63) is 52.3 Å². The van der Waals surface area contributed by atoms with Gasteiger partial charge in [-0.05, 0) is 57.2 Å². The molecular weight excluding hydrogens is 358 g/mol. The zero-order chi connectivity index (χ0) is 20.4. The van der Waals surface area contributed by atoms with E-state index in [0.29, 0.717) is 30.3 Å². The summed E-state index contributed by atoms with van der Waals surface area (Å²) in [5.74, 6) is -0.679. The maximum absolute atomic E-state index is 12.7. The van der Waals surface area contributed by atoms with Gasteiger partial charge in [0.05, 0.1) is 16.8 Å². The lowest BCUT2D eigenvalue weighted by molar-refractivity contribution is -0.131. The number of Topliss-reactive ketones (excluding diaryl/α,β-unsaturated/α-hetero) is 1. The number of aryl methyl sites for hydroxylation is 1. The molecule has 0 saturated carbocycles. The Bertz CT molecular complexity index is 932. The first kappa shape index (κ1) is 19.8. The number of carbonyl (C=O) groups excluding carboxylic acids is 2. The standard InChI is InChI=1S/C21H25N3O4/c1-13-20(15(3)25)14(2)24(22-13)12-19(26)23-8-7-17(11-23)9-16-5-4-6-18(10-16)21(27)28/h4-6,10,17H,7-9,11-12H2,1-3H3,(H,27,28)/t17-/m0/s1. The normalized spacial score (nSPS) is 16.4. The summed E-state index contributed by atoms with van der Waals surface area (Å²) in [7, 11) is 0. The van der Waals surface area contributed by atoms with Crippen LogP contribution in [-0.2, 0) is 17.8 Å². The predicted molar refractivity (Wildman–Crippen MR) is 103 cm³/mol. The molecule has 1 saturated heterocycles. The van der Waals surface area contributed by atoms with Crippen molar-refractivity contribution in [1.82, 2.24) is 14.7 Å². The number of ketones is 1. The van der Waals surface area contributed by atoms with Crippen molar-refractivity contribution >= 4 is 17.7 Å². The molecular formula is C21H25N3O4. The van der Waals surface area contributed by atoms with E-state index in [1.165, 1.54) is 6.92 Å². The average molecular weight is 383 g/mol. The molecule has 2 heterocycles. The summed E-state index contributed by atoms with van der Waals surface area (Å²) in [5, 5.41) is 13.5. The van der Waals surface area contributed by atoms with E-state index < -0.39 is 5.97 Å². The molecule has 0 spiro atoms. The molecule has 1 aliphatic heterocycles. The largest absolute Gasteiger partial charge is 0.478 e. The second-order valence-electron chi connectivity index (χ2n) is 7.46. The quantitative estimate of drug-likeness (QED) is 0.774. The molecule has 2 aromatic rings. The van der Waals surface area contributed by atoms with Gasteiger partial charge in [0.2, 0.25) is 5.91 Å². The lowest BCUT2D eigenvalue weighted by Crippen LogP contribution is -2.32. The van der Waals surface area contributed by atoms with Gasteiger partial charge in [-0.1, -0.05) is 12.1 Å². The van der Waals surface area contributed by atoms with Crippen LogP contribution in [0.2, 0.25) is 0 Å². The number of aromatic nitrogens is 2. The van der Waals surface area contributed by atoms with Gasteiger partial charge in [0.25, 0.3) is 0 Å². The molecule has 7 nitrogen and oxygen atoms in total. The molecule has 1 N–H and O–H groups in total. The Morgan fingerprint density at radius 2 is 2.00 bits per heavy atom. The van der Waals surface area contributed by atoms with Gasteiger partial charge in [0.15, 0.2) is 5.78 Å². The SMILES string of the molecule is CC(=O)c1c(C)nn(CC(=O)N2CC[C@@H](Cc3cccc(C(=O)O)c3)C2)c1C. The summed E-state index contributed by atoms with van der Waals surface area (Å²) < 4.78 is 1.61. The summed E-state index contributed by atoms with van der Waals surface area (Å²) in [4.78, 5) is 37.4. The average Bonchev–Trinajstić information content (AvgIpc) is 3.19.